The van der Waals surface area contributed by atoms with E-state index in [1.807, 2.05) is 0 Å². The smallest absolute Gasteiger partial charge is 0.326 e. The molecule has 154 valence electrons. The van der Waals surface area contributed by atoms with Crippen LogP contribution in [0.1, 0.15) is 0 Å². The Kier molecular flexibility index (Phi) is 5.64. The first-order chi connectivity index (χ1) is 13.3. The summed E-state index contributed by atoms with van der Waals surface area (Å²) < 4.78 is 53.1. The number of furan rings is 1. The quantitative estimate of drug-likeness (QED) is 0.409. The SMILES string of the molecule is NS(=O)(=O)c1cc(S(N)(=O)=O)c(NC(=O)Nc2cc3cc(Br)ccc3o2)cc1Cl. The minimum Gasteiger partial charge on any atom is -0.440 e. The molecule has 0 aliphatic heterocycles. The number of benzene rings is 2. The molecule has 2 aromatic carbocycles. The van der Waals surface area contributed by atoms with Gasteiger partial charge >= 0.3 is 6.03 Å². The molecule has 0 bridgehead atoms. The van der Waals surface area contributed by atoms with E-state index in [4.69, 9.17) is 26.3 Å². The summed E-state index contributed by atoms with van der Waals surface area (Å²) >= 11 is 9.17. The van der Waals surface area contributed by atoms with Gasteiger partial charge < -0.3 is 9.73 Å². The van der Waals surface area contributed by atoms with Gasteiger partial charge in [-0.05, 0) is 30.3 Å². The average Bonchev–Trinajstić information content (AvgIpc) is 2.93. The fraction of sp³-hybridized carbons (Fsp3) is 0. The molecule has 0 aliphatic carbocycles. The van der Waals surface area contributed by atoms with Gasteiger partial charge in [-0.2, -0.15) is 0 Å². The Morgan fingerprint density at radius 1 is 0.966 bits per heavy atom. The maximum Gasteiger partial charge on any atom is 0.326 e. The lowest BCUT2D eigenvalue weighted by molar-refractivity contribution is 0.261. The molecule has 29 heavy (non-hydrogen) atoms. The summed E-state index contributed by atoms with van der Waals surface area (Å²) in [5.41, 5.74) is 0.163. The molecule has 0 spiro atoms. The largest absolute Gasteiger partial charge is 0.440 e. The summed E-state index contributed by atoms with van der Waals surface area (Å²) in [4.78, 5) is 10.9. The lowest BCUT2D eigenvalue weighted by Gasteiger charge is -2.12. The predicted octanol–water partition coefficient (Wildman–Crippen LogP) is 2.79. The highest BCUT2D eigenvalue weighted by Gasteiger charge is 2.23. The van der Waals surface area contributed by atoms with E-state index in [0.29, 0.717) is 17.0 Å². The molecule has 10 nitrogen and oxygen atoms in total. The van der Waals surface area contributed by atoms with E-state index in [1.54, 1.807) is 24.3 Å². The standard InChI is InChI=1S/C15H12BrClN4O6S2/c16-8-1-2-11-7(3-8)4-14(27-11)21-15(22)20-10-5-9(17)12(28(18,23)24)6-13(10)29(19,25)26/h1-6H,(H2,18,23,24)(H2,19,25,26)(H2,20,21,22). The zero-order valence-electron chi connectivity index (χ0n) is 14.1. The third-order valence-corrected chi connectivity index (χ3v) is 6.43. The molecule has 0 radical (unpaired) electrons. The Bertz CT molecular complexity index is 1350. The number of rotatable bonds is 4. The monoisotopic (exact) mass is 522 g/mol. The van der Waals surface area contributed by atoms with E-state index in [9.17, 15) is 21.6 Å². The molecular formula is C15H12BrClN4O6S2. The summed E-state index contributed by atoms with van der Waals surface area (Å²) in [5, 5.41) is 15.1. The van der Waals surface area contributed by atoms with Crippen LogP contribution in [0.2, 0.25) is 5.02 Å². The predicted molar refractivity (Wildman–Crippen MR) is 111 cm³/mol. The van der Waals surface area contributed by atoms with Crippen LogP contribution in [0, 0.1) is 0 Å². The van der Waals surface area contributed by atoms with Crippen molar-refractivity contribution in [3.05, 3.63) is 45.9 Å². The van der Waals surface area contributed by atoms with Crippen molar-refractivity contribution < 1.29 is 26.0 Å². The molecule has 6 N–H and O–H groups in total. The number of carbonyl (C=O) groups is 1. The van der Waals surface area contributed by atoms with Crippen molar-refractivity contribution in [2.24, 2.45) is 10.3 Å². The van der Waals surface area contributed by atoms with Crippen molar-refractivity contribution in [1.82, 2.24) is 0 Å². The second kappa shape index (κ2) is 7.59. The van der Waals surface area contributed by atoms with Crippen LogP contribution in [0.25, 0.3) is 11.0 Å². The molecule has 0 fully saturated rings. The minimum atomic E-state index is -4.43. The number of sulfonamides is 2. The van der Waals surface area contributed by atoms with Crippen LogP contribution >= 0.6 is 27.5 Å². The first kappa shape index (κ1) is 21.5. The number of nitrogens with two attached hydrogens (primary N) is 2. The van der Waals surface area contributed by atoms with E-state index in [-0.39, 0.29) is 11.6 Å². The molecule has 2 amide bonds. The van der Waals surface area contributed by atoms with Crippen molar-refractivity contribution in [1.29, 1.82) is 0 Å². The van der Waals surface area contributed by atoms with Crippen LogP contribution in [0.3, 0.4) is 0 Å². The van der Waals surface area contributed by atoms with Crippen LogP contribution < -0.4 is 20.9 Å². The highest BCUT2D eigenvalue weighted by Crippen LogP contribution is 2.31. The third kappa shape index (κ3) is 4.88. The lowest BCUT2D eigenvalue weighted by atomic mass is 10.3. The van der Waals surface area contributed by atoms with Crippen LogP contribution in [0.4, 0.5) is 16.4 Å². The van der Waals surface area contributed by atoms with Gasteiger partial charge in [0.2, 0.25) is 25.9 Å². The average molecular weight is 524 g/mol. The minimum absolute atomic E-state index is 0.0833. The van der Waals surface area contributed by atoms with Gasteiger partial charge in [0.1, 0.15) is 15.4 Å². The topological polar surface area (TPSA) is 175 Å². The van der Waals surface area contributed by atoms with Gasteiger partial charge in [-0.15, -0.1) is 0 Å². The number of hydrogen-bond donors (Lipinski definition) is 4. The third-order valence-electron chi connectivity index (χ3n) is 3.61. The summed E-state index contributed by atoms with van der Waals surface area (Å²) in [6, 6.07) is 7.46. The van der Waals surface area contributed by atoms with E-state index in [2.05, 4.69) is 26.6 Å². The fourth-order valence-corrected chi connectivity index (χ4v) is 4.68. The Hall–Kier alpha value is -2.16. The lowest BCUT2D eigenvalue weighted by Crippen LogP contribution is -2.23. The number of anilines is 2. The second-order valence-electron chi connectivity index (χ2n) is 5.74. The van der Waals surface area contributed by atoms with Crippen molar-refractivity contribution in [3.63, 3.8) is 0 Å². The van der Waals surface area contributed by atoms with Crippen LogP contribution in [0.5, 0.6) is 0 Å². The van der Waals surface area contributed by atoms with E-state index < -0.39 is 40.9 Å². The van der Waals surface area contributed by atoms with Gasteiger partial charge in [-0.1, -0.05) is 27.5 Å². The fourth-order valence-electron chi connectivity index (χ4n) is 2.43. The zero-order valence-corrected chi connectivity index (χ0v) is 18.1. The van der Waals surface area contributed by atoms with Crippen molar-refractivity contribution in [2.75, 3.05) is 10.6 Å². The first-order valence-corrected chi connectivity index (χ1v) is 11.8. The Morgan fingerprint density at radius 2 is 1.62 bits per heavy atom. The number of nitrogens with one attached hydrogen (secondary N) is 2. The maximum absolute atomic E-state index is 12.3. The summed E-state index contributed by atoms with van der Waals surface area (Å²) in [5.74, 6) is 0.0833. The molecule has 0 saturated heterocycles. The molecule has 3 aromatic rings. The molecular weight excluding hydrogens is 512 g/mol. The van der Waals surface area contributed by atoms with Crippen molar-refractivity contribution >= 4 is 76.1 Å². The molecule has 14 heteroatoms. The number of urea groups is 1. The molecule has 0 aliphatic rings. The van der Waals surface area contributed by atoms with Crippen molar-refractivity contribution in [3.8, 4) is 0 Å². The molecule has 0 unspecified atom stereocenters. The van der Waals surface area contributed by atoms with Gasteiger partial charge in [-0.3, -0.25) is 5.32 Å². The van der Waals surface area contributed by atoms with Crippen molar-refractivity contribution in [2.45, 2.75) is 9.79 Å². The van der Waals surface area contributed by atoms with Gasteiger partial charge in [0, 0.05) is 15.9 Å². The van der Waals surface area contributed by atoms with Crippen LogP contribution in [0.15, 0.2) is 55.1 Å². The summed E-state index contributed by atoms with van der Waals surface area (Å²) in [6.45, 7) is 0. The number of halogens is 2. The number of primary sulfonamides is 2. The molecule has 1 aromatic heterocycles. The number of fused-ring (bicyclic) bond motifs is 1. The Morgan fingerprint density at radius 3 is 2.24 bits per heavy atom. The Balaban J connectivity index is 1.93. The van der Waals surface area contributed by atoms with Gasteiger partial charge in [0.15, 0.2) is 0 Å². The molecule has 0 atom stereocenters. The molecule has 0 saturated carbocycles. The van der Waals surface area contributed by atoms with E-state index in [1.165, 1.54) is 0 Å². The van der Waals surface area contributed by atoms with Crippen LogP contribution in [-0.2, 0) is 20.0 Å². The summed E-state index contributed by atoms with van der Waals surface area (Å²) in [6.07, 6.45) is 0. The van der Waals surface area contributed by atoms with E-state index in [0.717, 1.165) is 10.5 Å². The normalized spacial score (nSPS) is 12.1. The summed E-state index contributed by atoms with van der Waals surface area (Å²) in [7, 11) is -8.75. The molecule has 1 heterocycles. The first-order valence-electron chi connectivity index (χ1n) is 7.51. The Labute approximate surface area is 178 Å². The van der Waals surface area contributed by atoms with E-state index >= 15 is 0 Å². The maximum atomic E-state index is 12.3. The second-order valence-corrected chi connectivity index (χ2v) is 10.1. The highest BCUT2D eigenvalue weighted by atomic mass is 79.9. The highest BCUT2D eigenvalue weighted by molar-refractivity contribution is 9.10. The van der Waals surface area contributed by atoms with Gasteiger partial charge in [0.05, 0.1) is 10.7 Å². The van der Waals surface area contributed by atoms with Crippen LogP contribution in [-0.4, -0.2) is 22.9 Å². The van der Waals surface area contributed by atoms with Gasteiger partial charge in [-0.25, -0.2) is 31.9 Å². The zero-order chi connectivity index (χ0) is 21.6. The number of hydrogen-bond acceptors (Lipinski definition) is 6. The molecule has 3 rings (SSSR count). The number of carbonyl (C=O) groups excluding carboxylic acids is 1. The van der Waals surface area contributed by atoms with Gasteiger partial charge in [0.25, 0.3) is 0 Å². The number of amides is 2.